The third-order valence-corrected chi connectivity index (χ3v) is 5.51. The van der Waals surface area contributed by atoms with E-state index in [1.807, 2.05) is 24.3 Å². The van der Waals surface area contributed by atoms with Crippen molar-refractivity contribution in [2.75, 3.05) is 0 Å². The second kappa shape index (κ2) is 7.25. The lowest BCUT2D eigenvalue weighted by Crippen LogP contribution is -1.80. The van der Waals surface area contributed by atoms with Gasteiger partial charge >= 0.3 is 0 Å². The van der Waals surface area contributed by atoms with Gasteiger partial charge in [0.15, 0.2) is 0 Å². The van der Waals surface area contributed by atoms with Crippen molar-refractivity contribution in [1.82, 2.24) is 0 Å². The van der Waals surface area contributed by atoms with E-state index in [1.165, 1.54) is 18.3 Å². The number of phenols is 2. The number of benzene rings is 3. The molecule has 2 unspecified atom stereocenters. The van der Waals surface area contributed by atoms with Gasteiger partial charge in [-0.25, -0.2) is 0 Å². The normalized spacial score (nSPS) is 20.0. The predicted molar refractivity (Wildman–Crippen MR) is 106 cm³/mol. The standard InChI is InChI=1S/C18H14O2.C6H10/c19-17-9-5-15(6-10-17)13-1-2-14(4-3-13)16-7-11-18(20)12-8-16;1-2-5-4-6(5)3-1/h1-12,19-20H;5-6H,1-4H2. The number of fused-ring (bicyclic) bond motifs is 1. The van der Waals surface area contributed by atoms with Crippen LogP contribution in [0.1, 0.15) is 25.7 Å². The van der Waals surface area contributed by atoms with E-state index in [9.17, 15) is 10.2 Å². The highest BCUT2D eigenvalue weighted by Crippen LogP contribution is 2.51. The minimum absolute atomic E-state index is 0.273. The van der Waals surface area contributed by atoms with Crippen LogP contribution < -0.4 is 0 Å². The highest BCUT2D eigenvalue weighted by Gasteiger charge is 2.40. The van der Waals surface area contributed by atoms with Crippen LogP contribution in [0.15, 0.2) is 72.8 Å². The third kappa shape index (κ3) is 3.91. The summed E-state index contributed by atoms with van der Waals surface area (Å²) < 4.78 is 0. The van der Waals surface area contributed by atoms with Crippen LogP contribution >= 0.6 is 0 Å². The van der Waals surface area contributed by atoms with Gasteiger partial charge < -0.3 is 10.2 Å². The Morgan fingerprint density at radius 1 is 0.500 bits per heavy atom. The van der Waals surface area contributed by atoms with Crippen LogP contribution in [0.25, 0.3) is 22.3 Å². The lowest BCUT2D eigenvalue weighted by molar-refractivity contribution is 0.475. The lowest BCUT2D eigenvalue weighted by Gasteiger charge is -2.05. The number of hydrogen-bond donors (Lipinski definition) is 2. The van der Waals surface area contributed by atoms with Crippen molar-refractivity contribution in [2.45, 2.75) is 25.7 Å². The Hall–Kier alpha value is -2.74. The first-order valence-corrected chi connectivity index (χ1v) is 9.38. The Kier molecular flexibility index (Phi) is 4.66. The summed E-state index contributed by atoms with van der Waals surface area (Å²) >= 11 is 0. The average Bonchev–Trinajstić information content (AvgIpc) is 3.28. The second-order valence-electron chi connectivity index (χ2n) is 7.36. The Balaban J connectivity index is 0.000000233. The molecule has 2 heteroatoms. The molecule has 2 atom stereocenters. The summed E-state index contributed by atoms with van der Waals surface area (Å²) in [7, 11) is 0. The van der Waals surface area contributed by atoms with Gasteiger partial charge in [0.05, 0.1) is 0 Å². The molecule has 3 aromatic carbocycles. The Bertz CT molecular complexity index is 776. The molecule has 0 radical (unpaired) electrons. The third-order valence-electron chi connectivity index (χ3n) is 5.51. The van der Waals surface area contributed by atoms with E-state index < -0.39 is 0 Å². The average molecular weight is 344 g/mol. The quantitative estimate of drug-likeness (QED) is 0.578. The molecule has 2 N–H and O–H groups in total. The monoisotopic (exact) mass is 344 g/mol. The van der Waals surface area contributed by atoms with Gasteiger partial charge in [0.2, 0.25) is 0 Å². The summed E-state index contributed by atoms with van der Waals surface area (Å²) in [6, 6.07) is 22.5. The number of phenolic OH excluding ortho intramolecular Hbond substituents is 2. The minimum Gasteiger partial charge on any atom is -0.508 e. The first kappa shape index (κ1) is 16.7. The summed E-state index contributed by atoms with van der Waals surface area (Å²) in [6.07, 6.45) is 6.24. The molecule has 2 saturated carbocycles. The largest absolute Gasteiger partial charge is 0.508 e. The molecule has 2 fully saturated rings. The zero-order valence-corrected chi connectivity index (χ0v) is 14.8. The van der Waals surface area contributed by atoms with E-state index in [0.29, 0.717) is 0 Å². The molecule has 0 bridgehead atoms. The van der Waals surface area contributed by atoms with Crippen molar-refractivity contribution in [2.24, 2.45) is 11.8 Å². The summed E-state index contributed by atoms with van der Waals surface area (Å²) in [5.74, 6) is 2.97. The van der Waals surface area contributed by atoms with E-state index in [0.717, 1.165) is 22.3 Å². The Morgan fingerprint density at radius 3 is 1.04 bits per heavy atom. The SMILES string of the molecule is C1CC2CC2C1.Oc1ccc(-c2ccc(-c3ccc(O)cc3)cc2)cc1. The van der Waals surface area contributed by atoms with Crippen LogP contribution in [0.5, 0.6) is 11.5 Å². The van der Waals surface area contributed by atoms with Crippen LogP contribution in [0, 0.1) is 11.8 Å². The molecule has 0 aromatic heterocycles. The number of hydrogen-bond acceptors (Lipinski definition) is 2. The van der Waals surface area contributed by atoms with Crippen molar-refractivity contribution in [3.8, 4) is 33.8 Å². The fraction of sp³-hybridized carbons (Fsp3) is 0.250. The number of aromatic hydroxyl groups is 2. The molecular weight excluding hydrogens is 320 g/mol. The van der Waals surface area contributed by atoms with E-state index in [4.69, 9.17) is 0 Å². The van der Waals surface area contributed by atoms with Crippen molar-refractivity contribution in [3.63, 3.8) is 0 Å². The predicted octanol–water partition coefficient (Wildman–Crippen LogP) is 6.24. The van der Waals surface area contributed by atoms with E-state index in [2.05, 4.69) is 24.3 Å². The molecule has 0 amide bonds. The highest BCUT2D eigenvalue weighted by atomic mass is 16.3. The summed E-state index contributed by atoms with van der Waals surface area (Å²) in [5.41, 5.74) is 4.35. The Labute approximate surface area is 154 Å². The van der Waals surface area contributed by atoms with E-state index in [1.54, 1.807) is 43.5 Å². The fourth-order valence-electron chi connectivity index (χ4n) is 3.82. The van der Waals surface area contributed by atoms with Crippen LogP contribution in [0.3, 0.4) is 0 Å². The maximum Gasteiger partial charge on any atom is 0.115 e. The molecule has 0 aliphatic heterocycles. The van der Waals surface area contributed by atoms with Crippen molar-refractivity contribution in [1.29, 1.82) is 0 Å². The van der Waals surface area contributed by atoms with Gasteiger partial charge in [-0.15, -0.1) is 0 Å². The van der Waals surface area contributed by atoms with Crippen molar-refractivity contribution in [3.05, 3.63) is 72.8 Å². The van der Waals surface area contributed by atoms with Crippen LogP contribution in [-0.4, -0.2) is 10.2 Å². The van der Waals surface area contributed by atoms with Gasteiger partial charge in [-0.05, 0) is 64.8 Å². The summed E-state index contributed by atoms with van der Waals surface area (Å²) in [4.78, 5) is 0. The molecule has 5 rings (SSSR count). The molecule has 2 nitrogen and oxygen atoms in total. The van der Waals surface area contributed by atoms with Gasteiger partial charge in [-0.3, -0.25) is 0 Å². The smallest absolute Gasteiger partial charge is 0.115 e. The highest BCUT2D eigenvalue weighted by molar-refractivity contribution is 5.70. The molecular formula is C24H24O2. The van der Waals surface area contributed by atoms with Crippen molar-refractivity contribution >= 4 is 0 Å². The molecule has 0 spiro atoms. The molecule has 2 aliphatic carbocycles. The molecule has 3 aromatic rings. The number of rotatable bonds is 2. The zero-order valence-electron chi connectivity index (χ0n) is 14.8. The molecule has 0 heterocycles. The van der Waals surface area contributed by atoms with Crippen LogP contribution in [-0.2, 0) is 0 Å². The minimum atomic E-state index is 0.273. The van der Waals surface area contributed by atoms with Crippen LogP contribution in [0.2, 0.25) is 0 Å². The summed E-state index contributed by atoms with van der Waals surface area (Å²) in [5, 5.41) is 18.6. The molecule has 132 valence electrons. The molecule has 26 heavy (non-hydrogen) atoms. The maximum absolute atomic E-state index is 9.30. The summed E-state index contributed by atoms with van der Waals surface area (Å²) in [6.45, 7) is 0. The second-order valence-corrected chi connectivity index (χ2v) is 7.36. The van der Waals surface area contributed by atoms with Crippen molar-refractivity contribution < 1.29 is 10.2 Å². The molecule has 0 saturated heterocycles. The van der Waals surface area contributed by atoms with Gasteiger partial charge in [-0.1, -0.05) is 67.8 Å². The van der Waals surface area contributed by atoms with Gasteiger partial charge in [0.25, 0.3) is 0 Å². The van der Waals surface area contributed by atoms with E-state index >= 15 is 0 Å². The van der Waals surface area contributed by atoms with Gasteiger partial charge in [-0.2, -0.15) is 0 Å². The van der Waals surface area contributed by atoms with Crippen LogP contribution in [0.4, 0.5) is 0 Å². The van der Waals surface area contributed by atoms with Gasteiger partial charge in [0, 0.05) is 0 Å². The fourth-order valence-corrected chi connectivity index (χ4v) is 3.82. The first-order chi connectivity index (χ1) is 12.7. The van der Waals surface area contributed by atoms with Gasteiger partial charge in [0.1, 0.15) is 11.5 Å². The van der Waals surface area contributed by atoms with E-state index in [-0.39, 0.29) is 11.5 Å². The topological polar surface area (TPSA) is 40.5 Å². The zero-order chi connectivity index (χ0) is 17.9. The maximum atomic E-state index is 9.30. The first-order valence-electron chi connectivity index (χ1n) is 9.38. The Morgan fingerprint density at radius 2 is 0.808 bits per heavy atom. The molecule has 2 aliphatic rings. The lowest BCUT2D eigenvalue weighted by atomic mass is 10.0.